The average molecular weight is 344 g/mol. The Balaban J connectivity index is 2.41. The minimum absolute atomic E-state index is 0.0357. The Kier molecular flexibility index (Phi) is 5.12. The molecule has 1 heterocycles. The Labute approximate surface area is 134 Å². The lowest BCUT2D eigenvalue weighted by Crippen LogP contribution is -2.52. The highest BCUT2D eigenvalue weighted by atomic mass is 32.2. The number of methoxy groups -OCH3 is 1. The summed E-state index contributed by atoms with van der Waals surface area (Å²) in [6.45, 7) is 0.905. The maximum absolute atomic E-state index is 13.0. The van der Waals surface area contributed by atoms with Gasteiger partial charge in [0.05, 0.1) is 12.0 Å². The highest BCUT2D eigenvalue weighted by Crippen LogP contribution is 2.37. The number of piperidine rings is 1. The predicted octanol–water partition coefficient (Wildman–Crippen LogP) is 1.01. The molecule has 8 nitrogen and oxygen atoms in total. The summed E-state index contributed by atoms with van der Waals surface area (Å²) < 4.78 is 36.2. The fourth-order valence-corrected chi connectivity index (χ4v) is 4.38. The molecule has 0 aliphatic carbocycles. The van der Waals surface area contributed by atoms with Gasteiger partial charge in [-0.3, -0.25) is 5.21 Å². The van der Waals surface area contributed by atoms with Gasteiger partial charge in [-0.05, 0) is 31.3 Å². The Bertz CT molecular complexity index is 650. The van der Waals surface area contributed by atoms with Gasteiger partial charge in [-0.2, -0.15) is 0 Å². The number of ether oxygens (including phenoxy) is 2. The van der Waals surface area contributed by atoms with Gasteiger partial charge in [-0.15, -0.1) is 0 Å². The number of nitrogens with zero attached hydrogens (tertiary/aromatic N) is 1. The van der Waals surface area contributed by atoms with Crippen LogP contribution in [0.3, 0.4) is 0 Å². The topological polar surface area (TPSA) is 105 Å². The van der Waals surface area contributed by atoms with Crippen molar-refractivity contribution in [2.75, 3.05) is 27.2 Å². The van der Waals surface area contributed by atoms with Gasteiger partial charge in [0.15, 0.2) is 0 Å². The Morgan fingerprint density at radius 2 is 1.83 bits per heavy atom. The Hall–Kier alpha value is -1.84. The van der Waals surface area contributed by atoms with E-state index in [0.717, 1.165) is 0 Å². The minimum Gasteiger partial charge on any atom is -0.497 e. The second-order valence-corrected chi connectivity index (χ2v) is 7.62. The van der Waals surface area contributed by atoms with Crippen molar-refractivity contribution in [1.82, 2.24) is 10.4 Å². The quantitative estimate of drug-likeness (QED) is 0.620. The van der Waals surface area contributed by atoms with Crippen LogP contribution in [0.5, 0.6) is 5.75 Å². The molecule has 0 aromatic heterocycles. The monoisotopic (exact) mass is 344 g/mol. The molecule has 2 N–H and O–H groups in total. The number of hydrogen-bond acceptors (Lipinski definition) is 7. The molecule has 1 saturated heterocycles. The van der Waals surface area contributed by atoms with Crippen molar-refractivity contribution in [3.63, 3.8) is 0 Å². The maximum Gasteiger partial charge on any atom is 0.432 e. The molecule has 1 fully saturated rings. The first kappa shape index (κ1) is 17.5. The molecule has 0 spiro atoms. The number of sulfone groups is 1. The second-order valence-electron chi connectivity index (χ2n) is 5.39. The first-order chi connectivity index (χ1) is 10.8. The molecule has 0 radical (unpaired) electrons. The van der Waals surface area contributed by atoms with Crippen molar-refractivity contribution in [1.29, 1.82) is 0 Å². The van der Waals surface area contributed by atoms with E-state index in [0.29, 0.717) is 18.8 Å². The third-order valence-electron chi connectivity index (χ3n) is 3.98. The first-order valence-electron chi connectivity index (χ1n) is 7.05. The number of carbonyl (C=O) groups excluding carboxylic acids is 1. The van der Waals surface area contributed by atoms with Crippen molar-refractivity contribution < 1.29 is 27.9 Å². The van der Waals surface area contributed by atoms with Crippen molar-refractivity contribution in [2.24, 2.45) is 0 Å². The van der Waals surface area contributed by atoms with Crippen LogP contribution in [-0.2, 0) is 14.6 Å². The summed E-state index contributed by atoms with van der Waals surface area (Å²) in [4.78, 5) is 11.7. The van der Waals surface area contributed by atoms with Gasteiger partial charge in [0.25, 0.3) is 0 Å². The lowest BCUT2D eigenvalue weighted by molar-refractivity contribution is 0.00566. The van der Waals surface area contributed by atoms with Crippen molar-refractivity contribution in [3.8, 4) is 5.75 Å². The van der Waals surface area contributed by atoms with E-state index >= 15 is 0 Å². The van der Waals surface area contributed by atoms with Crippen molar-refractivity contribution >= 4 is 15.9 Å². The number of benzene rings is 1. The molecule has 0 unspecified atom stereocenters. The second kappa shape index (κ2) is 6.73. The molecule has 1 aliphatic rings. The molecule has 0 atom stereocenters. The van der Waals surface area contributed by atoms with Gasteiger partial charge in [0.2, 0.25) is 14.8 Å². The lowest BCUT2D eigenvalue weighted by atomic mass is 10.1. The van der Waals surface area contributed by atoms with E-state index < -0.39 is 20.9 Å². The number of likely N-dealkylation sites (tertiary alicyclic amines) is 1. The van der Waals surface area contributed by atoms with Gasteiger partial charge in [0.1, 0.15) is 5.75 Å². The highest BCUT2D eigenvalue weighted by Gasteiger charge is 2.50. The van der Waals surface area contributed by atoms with E-state index in [1.807, 2.05) is 11.9 Å². The van der Waals surface area contributed by atoms with Crippen LogP contribution < -0.4 is 10.2 Å². The molecule has 1 aliphatic heterocycles. The molecule has 1 aromatic carbocycles. The summed E-state index contributed by atoms with van der Waals surface area (Å²) >= 11 is 0. The summed E-state index contributed by atoms with van der Waals surface area (Å²) in [5, 5.41) is 8.69. The van der Waals surface area contributed by atoms with Crippen LogP contribution in [0.2, 0.25) is 0 Å². The SMILES string of the molecule is COc1ccc(S(=O)(=O)C2(OC(=O)NO)CCN(C)CC2)cc1. The van der Waals surface area contributed by atoms with E-state index in [9.17, 15) is 13.2 Å². The van der Waals surface area contributed by atoms with Crippen LogP contribution >= 0.6 is 0 Å². The highest BCUT2D eigenvalue weighted by molar-refractivity contribution is 7.92. The van der Waals surface area contributed by atoms with Crippen LogP contribution in [-0.4, -0.2) is 56.8 Å². The van der Waals surface area contributed by atoms with Gasteiger partial charge < -0.3 is 14.4 Å². The van der Waals surface area contributed by atoms with Crippen LogP contribution in [0, 0.1) is 0 Å². The largest absolute Gasteiger partial charge is 0.497 e. The number of hydrogen-bond donors (Lipinski definition) is 2. The zero-order valence-corrected chi connectivity index (χ0v) is 13.8. The smallest absolute Gasteiger partial charge is 0.432 e. The summed E-state index contributed by atoms with van der Waals surface area (Å²) in [6, 6.07) is 5.88. The molecule has 2 rings (SSSR count). The van der Waals surface area contributed by atoms with Crippen LogP contribution in [0.25, 0.3) is 0 Å². The molecule has 0 bridgehead atoms. The third kappa shape index (κ3) is 3.41. The Morgan fingerprint density at radius 1 is 1.26 bits per heavy atom. The molecule has 23 heavy (non-hydrogen) atoms. The van der Waals surface area contributed by atoms with Gasteiger partial charge in [-0.1, -0.05) is 0 Å². The number of nitrogens with one attached hydrogen (secondary N) is 1. The van der Waals surface area contributed by atoms with E-state index in [1.54, 1.807) is 0 Å². The van der Waals surface area contributed by atoms with Crippen LogP contribution in [0.1, 0.15) is 12.8 Å². The summed E-state index contributed by atoms with van der Waals surface area (Å²) in [6.07, 6.45) is -0.956. The number of carbonyl (C=O) groups is 1. The molecular weight excluding hydrogens is 324 g/mol. The molecular formula is C14H20N2O6S. The standard InChI is InChI=1S/C14H20N2O6S/c1-16-9-7-14(8-10-16,22-13(17)15-18)23(19,20)12-5-3-11(21-2)4-6-12/h3-6,18H,7-10H2,1-2H3,(H,15,17). The molecule has 1 aromatic rings. The maximum atomic E-state index is 13.0. The summed E-state index contributed by atoms with van der Waals surface area (Å²) in [7, 11) is -0.614. The number of rotatable bonds is 4. The molecule has 9 heteroatoms. The number of amides is 1. The minimum atomic E-state index is -3.95. The van der Waals surface area contributed by atoms with E-state index in [2.05, 4.69) is 0 Å². The fourth-order valence-electron chi connectivity index (χ4n) is 2.55. The first-order valence-corrected chi connectivity index (χ1v) is 8.53. The number of hydroxylamine groups is 1. The summed E-state index contributed by atoms with van der Waals surface area (Å²) in [5.41, 5.74) is 1.33. The summed E-state index contributed by atoms with van der Waals surface area (Å²) in [5.74, 6) is 0.524. The normalized spacial score (nSPS) is 18.2. The van der Waals surface area contributed by atoms with Crippen molar-refractivity contribution in [2.45, 2.75) is 22.7 Å². The molecule has 128 valence electrons. The van der Waals surface area contributed by atoms with Crippen LogP contribution in [0.15, 0.2) is 29.2 Å². The van der Waals surface area contributed by atoms with E-state index in [4.69, 9.17) is 14.7 Å². The third-order valence-corrected chi connectivity index (χ3v) is 6.34. The Morgan fingerprint density at radius 3 is 2.30 bits per heavy atom. The molecule has 0 saturated carbocycles. The van der Waals surface area contributed by atoms with Crippen molar-refractivity contribution in [3.05, 3.63) is 24.3 Å². The average Bonchev–Trinajstić information content (AvgIpc) is 2.56. The van der Waals surface area contributed by atoms with Gasteiger partial charge >= 0.3 is 6.09 Å². The zero-order valence-electron chi connectivity index (χ0n) is 13.0. The molecule has 1 amide bonds. The van der Waals surface area contributed by atoms with Gasteiger partial charge in [-0.25, -0.2) is 18.7 Å². The van der Waals surface area contributed by atoms with Gasteiger partial charge in [0, 0.05) is 25.9 Å². The van der Waals surface area contributed by atoms with E-state index in [-0.39, 0.29) is 17.7 Å². The van der Waals surface area contributed by atoms with Crippen LogP contribution in [0.4, 0.5) is 4.79 Å². The zero-order chi connectivity index (χ0) is 17.1. The lowest BCUT2D eigenvalue weighted by Gasteiger charge is -2.38. The predicted molar refractivity (Wildman–Crippen MR) is 81.0 cm³/mol. The van der Waals surface area contributed by atoms with E-state index in [1.165, 1.54) is 36.9 Å². The fraction of sp³-hybridized carbons (Fsp3) is 0.500.